The summed E-state index contributed by atoms with van der Waals surface area (Å²) in [4.78, 5) is 24.3. The quantitative estimate of drug-likeness (QED) is 0.308. The number of fused-ring (bicyclic) bond motifs is 2. The van der Waals surface area contributed by atoms with Gasteiger partial charge < -0.3 is 10.3 Å². The third-order valence-corrected chi connectivity index (χ3v) is 6.88. The number of pyridine rings is 1. The van der Waals surface area contributed by atoms with Gasteiger partial charge in [-0.3, -0.25) is 4.79 Å². The van der Waals surface area contributed by atoms with Crippen LogP contribution in [0.4, 0.5) is 11.4 Å². The number of aromatic amines is 1. The van der Waals surface area contributed by atoms with Crippen molar-refractivity contribution in [2.24, 2.45) is 5.92 Å². The number of carbonyl (C=O) groups excluding carboxylic acids is 1. The minimum Gasteiger partial charge on any atom is -0.355 e. The van der Waals surface area contributed by atoms with Crippen molar-refractivity contribution >= 4 is 66.9 Å². The number of H-pyrrole nitrogens is 1. The molecular formula is C24H23ClN4OS. The largest absolute Gasteiger partial charge is 0.355 e. The Morgan fingerprint density at radius 1 is 1.26 bits per heavy atom. The van der Waals surface area contributed by atoms with E-state index < -0.39 is 0 Å². The third-order valence-electron chi connectivity index (χ3n) is 5.90. The van der Waals surface area contributed by atoms with Crippen LogP contribution in [0.25, 0.3) is 26.8 Å². The highest BCUT2D eigenvalue weighted by molar-refractivity contribution is 7.16. The lowest BCUT2D eigenvalue weighted by Gasteiger charge is -2.20. The van der Waals surface area contributed by atoms with Gasteiger partial charge in [-0.15, -0.1) is 22.9 Å². The van der Waals surface area contributed by atoms with E-state index in [1.54, 1.807) is 11.3 Å². The summed E-state index contributed by atoms with van der Waals surface area (Å²) in [5, 5.41) is 4.61. The highest BCUT2D eigenvalue weighted by Gasteiger charge is 2.19. The number of ketones is 1. The molecule has 3 heterocycles. The molecule has 0 radical (unpaired) electrons. The Hall–Kier alpha value is -2.70. The van der Waals surface area contributed by atoms with Gasteiger partial charge in [0.2, 0.25) is 0 Å². The molecule has 3 aromatic heterocycles. The van der Waals surface area contributed by atoms with Crippen LogP contribution >= 0.6 is 22.9 Å². The van der Waals surface area contributed by atoms with Gasteiger partial charge in [0, 0.05) is 41.7 Å². The molecule has 0 amide bonds. The molecule has 0 bridgehead atoms. The fraction of sp³-hybridized carbons (Fsp3) is 0.292. The second-order valence-corrected chi connectivity index (χ2v) is 9.28. The number of hydrogen-bond acceptors (Lipinski definition) is 5. The molecule has 0 saturated heterocycles. The lowest BCUT2D eigenvalue weighted by atomic mass is 9.85. The van der Waals surface area contributed by atoms with E-state index >= 15 is 0 Å². The average molecular weight is 451 g/mol. The first-order valence-electron chi connectivity index (χ1n) is 10.5. The van der Waals surface area contributed by atoms with E-state index in [1.165, 1.54) is 5.57 Å². The van der Waals surface area contributed by atoms with Gasteiger partial charge in [0.1, 0.15) is 11.4 Å². The number of benzene rings is 1. The van der Waals surface area contributed by atoms with Crippen LogP contribution in [0.2, 0.25) is 0 Å². The van der Waals surface area contributed by atoms with E-state index in [0.717, 1.165) is 57.6 Å². The molecule has 1 aliphatic rings. The fourth-order valence-electron chi connectivity index (χ4n) is 4.25. The molecule has 7 heteroatoms. The second-order valence-electron chi connectivity index (χ2n) is 8.02. The number of alkyl halides is 1. The molecule has 2 N–H and O–H groups in total. The maximum Gasteiger partial charge on any atom is 0.139 e. The van der Waals surface area contributed by atoms with Crippen LogP contribution in [-0.4, -0.2) is 26.6 Å². The van der Waals surface area contributed by atoms with Crippen molar-refractivity contribution in [2.75, 3.05) is 11.2 Å². The number of anilines is 2. The van der Waals surface area contributed by atoms with Gasteiger partial charge >= 0.3 is 0 Å². The molecule has 5 rings (SSSR count). The number of hydrogen-bond donors (Lipinski definition) is 2. The van der Waals surface area contributed by atoms with Crippen LogP contribution in [0.1, 0.15) is 37.8 Å². The molecule has 4 aromatic rings. The minimum atomic E-state index is 0.277. The number of halogens is 1. The first-order valence-corrected chi connectivity index (χ1v) is 12.0. The van der Waals surface area contributed by atoms with Gasteiger partial charge in [0.25, 0.3) is 0 Å². The normalized spacial score (nSPS) is 16.5. The van der Waals surface area contributed by atoms with Gasteiger partial charge in [0.15, 0.2) is 0 Å². The molecule has 0 saturated carbocycles. The van der Waals surface area contributed by atoms with Crippen molar-refractivity contribution in [1.82, 2.24) is 15.0 Å². The summed E-state index contributed by atoms with van der Waals surface area (Å²) >= 11 is 7.33. The van der Waals surface area contributed by atoms with Crippen LogP contribution in [0.5, 0.6) is 0 Å². The Bertz CT molecular complexity index is 1280. The molecule has 31 heavy (non-hydrogen) atoms. The van der Waals surface area contributed by atoms with E-state index in [9.17, 15) is 4.79 Å². The van der Waals surface area contributed by atoms with Crippen molar-refractivity contribution in [1.29, 1.82) is 0 Å². The molecule has 1 aromatic carbocycles. The zero-order chi connectivity index (χ0) is 21.2. The number of aromatic nitrogens is 3. The molecule has 0 aliphatic heterocycles. The van der Waals surface area contributed by atoms with Gasteiger partial charge in [0.05, 0.1) is 21.4 Å². The SMILES string of the molecule is O=C(CCCl)CC1CC=C(c2cc3c(Nc4ccc5ncsc5c4)ccnc3[nH]2)CC1. The Kier molecular flexibility index (Phi) is 5.74. The number of thiazole rings is 1. The number of nitrogens with one attached hydrogen (secondary N) is 2. The smallest absolute Gasteiger partial charge is 0.139 e. The Morgan fingerprint density at radius 3 is 3.03 bits per heavy atom. The van der Waals surface area contributed by atoms with Crippen molar-refractivity contribution in [3.8, 4) is 0 Å². The molecular weight excluding hydrogens is 428 g/mol. The van der Waals surface area contributed by atoms with E-state index in [2.05, 4.69) is 44.5 Å². The van der Waals surface area contributed by atoms with E-state index in [4.69, 9.17) is 11.6 Å². The molecule has 158 valence electrons. The molecule has 5 nitrogen and oxygen atoms in total. The summed E-state index contributed by atoms with van der Waals surface area (Å²) in [6.45, 7) is 0. The monoisotopic (exact) mass is 450 g/mol. The zero-order valence-corrected chi connectivity index (χ0v) is 18.6. The van der Waals surface area contributed by atoms with Crippen LogP contribution in [-0.2, 0) is 4.79 Å². The van der Waals surface area contributed by atoms with Gasteiger partial charge in [-0.2, -0.15) is 0 Å². The van der Waals surface area contributed by atoms with Gasteiger partial charge in [-0.25, -0.2) is 9.97 Å². The average Bonchev–Trinajstić information content (AvgIpc) is 3.41. The summed E-state index contributed by atoms with van der Waals surface area (Å²) in [5.74, 6) is 1.13. The van der Waals surface area contributed by atoms with Crippen LogP contribution in [0.15, 0.2) is 48.1 Å². The fourth-order valence-corrected chi connectivity index (χ4v) is 5.17. The Balaban J connectivity index is 1.36. The Morgan fingerprint density at radius 2 is 2.19 bits per heavy atom. The number of allylic oxidation sites excluding steroid dienone is 2. The number of rotatable bonds is 7. The minimum absolute atomic E-state index is 0.277. The predicted molar refractivity (Wildman–Crippen MR) is 129 cm³/mol. The van der Waals surface area contributed by atoms with Crippen LogP contribution in [0, 0.1) is 5.92 Å². The molecule has 1 atom stereocenters. The molecule has 1 unspecified atom stereocenters. The van der Waals surface area contributed by atoms with Crippen molar-refractivity contribution in [3.05, 3.63) is 53.8 Å². The van der Waals surface area contributed by atoms with E-state index in [0.29, 0.717) is 24.6 Å². The number of nitrogens with zero attached hydrogens (tertiary/aromatic N) is 2. The van der Waals surface area contributed by atoms with Gasteiger partial charge in [-0.1, -0.05) is 6.08 Å². The highest BCUT2D eigenvalue weighted by atomic mass is 35.5. The summed E-state index contributed by atoms with van der Waals surface area (Å²) in [7, 11) is 0. The first kappa shape index (κ1) is 20.2. The lowest BCUT2D eigenvalue weighted by molar-refractivity contribution is -0.119. The van der Waals surface area contributed by atoms with Gasteiger partial charge in [-0.05, 0) is 61.1 Å². The number of Topliss-reactive ketones (excluding diaryl/α,β-unsaturated/α-hetero) is 1. The Labute approximate surface area is 189 Å². The van der Waals surface area contributed by atoms with Crippen molar-refractivity contribution in [2.45, 2.75) is 32.1 Å². The topological polar surface area (TPSA) is 70.7 Å². The van der Waals surface area contributed by atoms with Crippen LogP contribution in [0.3, 0.4) is 0 Å². The van der Waals surface area contributed by atoms with Crippen molar-refractivity contribution in [3.63, 3.8) is 0 Å². The number of carbonyl (C=O) groups is 1. The third kappa shape index (κ3) is 4.36. The van der Waals surface area contributed by atoms with E-state index in [1.807, 2.05) is 23.8 Å². The zero-order valence-electron chi connectivity index (χ0n) is 17.0. The van der Waals surface area contributed by atoms with Crippen molar-refractivity contribution < 1.29 is 4.79 Å². The highest BCUT2D eigenvalue weighted by Crippen LogP contribution is 2.35. The predicted octanol–water partition coefficient (Wildman–Crippen LogP) is 6.69. The standard InChI is InChI=1S/C24H23ClN4OS/c25-9-7-18(30)11-15-1-3-16(4-2-15)22-13-19-20(8-10-26-24(19)29-22)28-17-5-6-21-23(12-17)31-14-27-21/h3,5-6,8,10,12-15H,1-2,4,7,9,11H2,(H2,26,28,29). The van der Waals surface area contributed by atoms with E-state index in [-0.39, 0.29) is 5.78 Å². The maximum atomic E-state index is 11.9. The lowest BCUT2D eigenvalue weighted by Crippen LogP contribution is -2.11. The molecule has 1 aliphatic carbocycles. The summed E-state index contributed by atoms with van der Waals surface area (Å²) < 4.78 is 1.16. The summed E-state index contributed by atoms with van der Waals surface area (Å²) in [6.07, 6.45) is 8.16. The summed E-state index contributed by atoms with van der Waals surface area (Å²) in [5.41, 5.74) is 8.24. The molecule has 0 fully saturated rings. The maximum absolute atomic E-state index is 11.9. The second kappa shape index (κ2) is 8.81. The summed E-state index contributed by atoms with van der Waals surface area (Å²) in [6, 6.07) is 10.4. The van der Waals surface area contributed by atoms with Crippen LogP contribution < -0.4 is 5.32 Å². The molecule has 0 spiro atoms. The first-order chi connectivity index (χ1) is 15.2.